The van der Waals surface area contributed by atoms with Crippen molar-refractivity contribution in [1.82, 2.24) is 10.2 Å². The Hall–Kier alpha value is -4.37. The molecular formula is C24H18N5O+. The molecule has 1 amide bonds. The van der Waals surface area contributed by atoms with Gasteiger partial charge in [0.15, 0.2) is 12.4 Å². The fourth-order valence-electron chi connectivity index (χ4n) is 3.80. The molecule has 0 radical (unpaired) electrons. The predicted molar refractivity (Wildman–Crippen MR) is 113 cm³/mol. The molecule has 5 rings (SSSR count). The minimum Gasteiger partial charge on any atom is -0.355 e. The van der Waals surface area contributed by atoms with Crippen molar-refractivity contribution in [3.05, 3.63) is 108 Å². The molecule has 0 saturated heterocycles. The lowest BCUT2D eigenvalue weighted by molar-refractivity contribution is -0.375. The van der Waals surface area contributed by atoms with Crippen LogP contribution in [0, 0.1) is 11.3 Å². The Kier molecular flexibility index (Phi) is 4.26. The largest absolute Gasteiger partial charge is 0.355 e. The minimum atomic E-state index is -0.225. The van der Waals surface area contributed by atoms with Gasteiger partial charge >= 0.3 is 0 Å². The number of fused-ring (bicyclic) bond motifs is 2. The Bertz CT molecular complexity index is 1280. The van der Waals surface area contributed by atoms with E-state index in [0.717, 1.165) is 27.7 Å². The number of amides is 1. The fraction of sp³-hybridized carbons (Fsp3) is 0.0417. The van der Waals surface area contributed by atoms with Crippen LogP contribution < -0.4 is 15.6 Å². The molecule has 1 aromatic heterocycles. The van der Waals surface area contributed by atoms with Gasteiger partial charge in [-0.05, 0) is 42.0 Å². The van der Waals surface area contributed by atoms with Crippen molar-refractivity contribution in [2.45, 2.75) is 6.17 Å². The number of aromatic nitrogens is 1. The standard InChI is InChI=1S/C24H17N5O/c25-14-16-7-9-17(10-8-16)23-28-22(21-6-1-2-13-29(21)23)24(30)27-20-5-3-4-18-15-26-12-11-19(18)20/h1-13,15,23,28H,(H,27,30)/p+1. The van der Waals surface area contributed by atoms with E-state index in [1.165, 1.54) is 0 Å². The van der Waals surface area contributed by atoms with Crippen LogP contribution in [-0.2, 0) is 4.79 Å². The number of benzene rings is 2. The van der Waals surface area contributed by atoms with Crippen molar-refractivity contribution < 1.29 is 9.78 Å². The molecule has 0 fully saturated rings. The summed E-state index contributed by atoms with van der Waals surface area (Å²) in [5.41, 5.74) is 3.63. The van der Waals surface area contributed by atoms with Crippen molar-refractivity contribution in [3.63, 3.8) is 0 Å². The topological polar surface area (TPSA) is 82.3 Å². The highest BCUT2D eigenvalue weighted by atomic mass is 16.2. The molecular weight excluding hydrogens is 374 g/mol. The predicted octanol–water partition coefficient (Wildman–Crippen LogP) is 3.36. The summed E-state index contributed by atoms with van der Waals surface area (Å²) in [6.45, 7) is 0. The van der Waals surface area contributed by atoms with Crippen molar-refractivity contribution in [3.8, 4) is 6.07 Å². The lowest BCUT2D eigenvalue weighted by Gasteiger charge is -2.26. The van der Waals surface area contributed by atoms with Gasteiger partial charge in [-0.25, -0.2) is 4.98 Å². The molecule has 144 valence electrons. The molecule has 2 aliphatic rings. The number of nitrogens with one attached hydrogen (secondary N) is 3. The summed E-state index contributed by atoms with van der Waals surface area (Å²) in [5.74, 6) is -0.202. The number of carbonyl (C=O) groups excluding carboxylic acids is 1. The number of aromatic amines is 1. The molecule has 3 aromatic rings. The zero-order valence-corrected chi connectivity index (χ0v) is 16.0. The number of H-pyrrole nitrogens is 1. The molecule has 1 unspecified atom stereocenters. The van der Waals surface area contributed by atoms with E-state index in [4.69, 9.17) is 5.26 Å². The first-order valence-corrected chi connectivity index (χ1v) is 9.59. The summed E-state index contributed by atoms with van der Waals surface area (Å²) < 4.78 is 0. The highest BCUT2D eigenvalue weighted by molar-refractivity contribution is 6.09. The summed E-state index contributed by atoms with van der Waals surface area (Å²) >= 11 is 0. The van der Waals surface area contributed by atoms with Crippen LogP contribution in [0.1, 0.15) is 17.3 Å². The van der Waals surface area contributed by atoms with Crippen LogP contribution in [0.15, 0.2) is 96.7 Å². The van der Waals surface area contributed by atoms with E-state index in [1.807, 2.05) is 78.1 Å². The Morgan fingerprint density at radius 3 is 2.83 bits per heavy atom. The maximum absolute atomic E-state index is 13.2. The van der Waals surface area contributed by atoms with E-state index in [-0.39, 0.29) is 12.1 Å². The molecule has 0 bridgehead atoms. The number of allylic oxidation sites excluding steroid dienone is 3. The van der Waals surface area contributed by atoms with E-state index in [9.17, 15) is 4.79 Å². The normalized spacial score (nSPS) is 16.9. The molecule has 2 aromatic carbocycles. The first-order chi connectivity index (χ1) is 14.7. The summed E-state index contributed by atoms with van der Waals surface area (Å²) in [6, 6.07) is 17.3. The zero-order valence-electron chi connectivity index (χ0n) is 16.0. The van der Waals surface area contributed by atoms with E-state index < -0.39 is 0 Å². The van der Waals surface area contributed by atoms with Gasteiger partial charge in [-0.3, -0.25) is 4.79 Å². The molecule has 0 aliphatic carbocycles. The van der Waals surface area contributed by atoms with Crippen molar-refractivity contribution in [1.29, 1.82) is 5.26 Å². The second-order valence-corrected chi connectivity index (χ2v) is 7.06. The van der Waals surface area contributed by atoms with Crippen molar-refractivity contribution >= 4 is 22.4 Å². The molecule has 1 atom stereocenters. The Morgan fingerprint density at radius 2 is 2.00 bits per heavy atom. The van der Waals surface area contributed by atoms with Gasteiger partial charge in [0, 0.05) is 28.7 Å². The molecule has 6 heteroatoms. The van der Waals surface area contributed by atoms with E-state index >= 15 is 0 Å². The van der Waals surface area contributed by atoms with Gasteiger partial charge in [0.1, 0.15) is 11.9 Å². The number of nitrogens with zero attached hydrogens (tertiary/aromatic N) is 2. The highest BCUT2D eigenvalue weighted by Crippen LogP contribution is 2.34. The Labute approximate surface area is 173 Å². The van der Waals surface area contributed by atoms with Gasteiger partial charge in [-0.2, -0.15) is 5.26 Å². The summed E-state index contributed by atoms with van der Waals surface area (Å²) in [6.07, 6.45) is 11.2. The lowest BCUT2D eigenvalue weighted by atomic mass is 10.1. The molecule has 0 saturated carbocycles. The molecule has 0 spiro atoms. The van der Waals surface area contributed by atoms with Crippen LogP contribution in [0.4, 0.5) is 5.69 Å². The summed E-state index contributed by atoms with van der Waals surface area (Å²) in [7, 11) is 0. The van der Waals surface area contributed by atoms with Crippen LogP contribution in [0.25, 0.3) is 10.8 Å². The quantitative estimate of drug-likeness (QED) is 0.716. The van der Waals surface area contributed by atoms with Gasteiger partial charge in [-0.15, -0.1) is 0 Å². The number of rotatable bonds is 3. The van der Waals surface area contributed by atoms with Crippen molar-refractivity contribution in [2.75, 3.05) is 5.32 Å². The van der Waals surface area contributed by atoms with Crippen LogP contribution >= 0.6 is 0 Å². The molecule has 3 heterocycles. The van der Waals surface area contributed by atoms with Gasteiger partial charge in [0.25, 0.3) is 5.91 Å². The van der Waals surface area contributed by atoms with Crippen LogP contribution in [0.2, 0.25) is 0 Å². The van der Waals surface area contributed by atoms with E-state index in [1.54, 1.807) is 12.1 Å². The van der Waals surface area contributed by atoms with Gasteiger partial charge < -0.3 is 15.5 Å². The lowest BCUT2D eigenvalue weighted by Crippen LogP contribution is -2.28. The second kappa shape index (κ2) is 7.22. The summed E-state index contributed by atoms with van der Waals surface area (Å²) in [5, 5.41) is 17.4. The maximum Gasteiger partial charge on any atom is 0.273 e. The first-order valence-electron chi connectivity index (χ1n) is 9.59. The number of carbonyl (C=O) groups is 1. The van der Waals surface area contributed by atoms with E-state index in [0.29, 0.717) is 11.3 Å². The molecule has 3 N–H and O–H groups in total. The second-order valence-electron chi connectivity index (χ2n) is 7.06. The third-order valence-electron chi connectivity index (χ3n) is 5.26. The number of nitriles is 1. The Morgan fingerprint density at radius 1 is 1.13 bits per heavy atom. The van der Waals surface area contributed by atoms with Crippen LogP contribution in [0.5, 0.6) is 0 Å². The van der Waals surface area contributed by atoms with Crippen LogP contribution in [0.3, 0.4) is 0 Å². The highest BCUT2D eigenvalue weighted by Gasteiger charge is 2.34. The number of anilines is 1. The fourth-order valence-corrected chi connectivity index (χ4v) is 3.80. The summed E-state index contributed by atoms with van der Waals surface area (Å²) in [4.78, 5) is 18.3. The van der Waals surface area contributed by atoms with Gasteiger partial charge in [0.05, 0.1) is 17.3 Å². The van der Waals surface area contributed by atoms with Crippen molar-refractivity contribution in [2.24, 2.45) is 0 Å². The van der Waals surface area contributed by atoms with E-state index in [2.05, 4.69) is 21.7 Å². The average Bonchev–Trinajstić information content (AvgIpc) is 3.19. The first kappa shape index (κ1) is 17.7. The molecule has 6 nitrogen and oxygen atoms in total. The maximum atomic E-state index is 13.2. The van der Waals surface area contributed by atoms with Gasteiger partial charge in [-0.1, -0.05) is 24.3 Å². The average molecular weight is 392 g/mol. The SMILES string of the molecule is N#Cc1ccc(C2NC(C(=O)Nc3cccc4c[nH+]ccc34)=C3C=CC=CN32)cc1. The number of hydrogen-bond acceptors (Lipinski definition) is 4. The number of hydrogen-bond donors (Lipinski definition) is 2. The smallest absolute Gasteiger partial charge is 0.273 e. The van der Waals surface area contributed by atoms with Crippen LogP contribution in [-0.4, -0.2) is 10.8 Å². The monoisotopic (exact) mass is 392 g/mol. The Balaban J connectivity index is 1.47. The van der Waals surface area contributed by atoms with Gasteiger partial charge in [0.2, 0.25) is 0 Å². The molecule has 30 heavy (non-hydrogen) atoms. The zero-order chi connectivity index (χ0) is 20.5. The third kappa shape index (κ3) is 2.99. The third-order valence-corrected chi connectivity index (χ3v) is 5.26. The number of pyridine rings is 1. The minimum absolute atomic E-state index is 0.202. The molecule has 2 aliphatic heterocycles.